The van der Waals surface area contributed by atoms with Crippen molar-refractivity contribution < 1.29 is 32.6 Å². The number of ether oxygens (including phenoxy) is 3. The summed E-state index contributed by atoms with van der Waals surface area (Å²) in [6.07, 6.45) is 3.68. The van der Waals surface area contributed by atoms with Gasteiger partial charge in [0.25, 0.3) is 5.91 Å². The van der Waals surface area contributed by atoms with E-state index in [1.807, 2.05) is 0 Å². The summed E-state index contributed by atoms with van der Waals surface area (Å²) in [5.41, 5.74) is 0.528. The third-order valence-corrected chi connectivity index (χ3v) is 4.38. The van der Waals surface area contributed by atoms with Gasteiger partial charge in [0, 0.05) is 19.2 Å². The Kier molecular flexibility index (Phi) is 7.78. The van der Waals surface area contributed by atoms with Crippen molar-refractivity contribution in [3.8, 4) is 11.5 Å². The van der Waals surface area contributed by atoms with E-state index in [4.69, 9.17) is 9.47 Å². The predicted octanol–water partition coefficient (Wildman–Crippen LogP) is 3.36. The molecule has 0 aliphatic carbocycles. The number of benzene rings is 1. The summed E-state index contributed by atoms with van der Waals surface area (Å²) in [4.78, 5) is 25.8. The second-order valence-electron chi connectivity index (χ2n) is 6.97. The topological polar surface area (TPSA) is 65.1 Å². The van der Waals surface area contributed by atoms with Gasteiger partial charge < -0.3 is 19.1 Å². The zero-order valence-electron chi connectivity index (χ0n) is 16.2. The van der Waals surface area contributed by atoms with Gasteiger partial charge >= 0.3 is 12.6 Å². The van der Waals surface area contributed by atoms with Gasteiger partial charge in [-0.2, -0.15) is 8.78 Å². The lowest BCUT2D eigenvalue weighted by Gasteiger charge is -2.34. The molecule has 0 bridgehead atoms. The second kappa shape index (κ2) is 10.1. The average molecular weight is 397 g/mol. The van der Waals surface area contributed by atoms with Crippen LogP contribution in [-0.4, -0.2) is 50.2 Å². The number of alkyl halides is 2. The van der Waals surface area contributed by atoms with Crippen LogP contribution < -0.4 is 9.47 Å². The number of piperidine rings is 1. The van der Waals surface area contributed by atoms with Gasteiger partial charge in [-0.1, -0.05) is 19.9 Å². The summed E-state index contributed by atoms with van der Waals surface area (Å²) in [5.74, 6) is -0.0219. The number of likely N-dealkylation sites (tertiary alicyclic amines) is 1. The number of carbonyl (C=O) groups excluding carboxylic acids is 2. The van der Waals surface area contributed by atoms with Crippen molar-refractivity contribution in [3.63, 3.8) is 0 Å². The first-order valence-corrected chi connectivity index (χ1v) is 9.04. The van der Waals surface area contributed by atoms with Crippen LogP contribution in [0.4, 0.5) is 8.78 Å². The molecule has 8 heteroatoms. The summed E-state index contributed by atoms with van der Waals surface area (Å²) >= 11 is 0. The molecule has 1 saturated heterocycles. The summed E-state index contributed by atoms with van der Waals surface area (Å²) in [5, 5.41) is 0. The van der Waals surface area contributed by atoms with E-state index in [9.17, 15) is 18.4 Å². The van der Waals surface area contributed by atoms with Gasteiger partial charge in [-0.3, -0.25) is 4.79 Å². The lowest BCUT2D eigenvalue weighted by molar-refractivity contribution is -0.149. The van der Waals surface area contributed by atoms with E-state index in [2.05, 4.69) is 18.6 Å². The number of halogens is 2. The van der Waals surface area contributed by atoms with E-state index in [0.29, 0.717) is 30.5 Å². The maximum absolute atomic E-state index is 12.3. The van der Waals surface area contributed by atoms with Crippen molar-refractivity contribution in [1.29, 1.82) is 0 Å². The summed E-state index contributed by atoms with van der Waals surface area (Å²) < 4.78 is 39.0. The Bertz CT molecular complexity index is 713. The number of rotatable bonds is 7. The highest BCUT2D eigenvalue weighted by Crippen LogP contribution is 2.29. The molecule has 1 heterocycles. The molecule has 1 fully saturated rings. The fourth-order valence-electron chi connectivity index (χ4n) is 3.28. The smallest absolute Gasteiger partial charge is 0.387 e. The first-order valence-electron chi connectivity index (χ1n) is 9.04. The highest BCUT2D eigenvalue weighted by Gasteiger charge is 2.25. The van der Waals surface area contributed by atoms with E-state index in [1.54, 1.807) is 4.90 Å². The molecule has 0 aromatic heterocycles. The summed E-state index contributed by atoms with van der Waals surface area (Å²) in [7, 11) is 1.32. The Morgan fingerprint density at radius 3 is 2.50 bits per heavy atom. The Hall–Kier alpha value is -2.64. The summed E-state index contributed by atoms with van der Waals surface area (Å²) in [6, 6.07) is 4.26. The van der Waals surface area contributed by atoms with Gasteiger partial charge in [-0.15, -0.1) is 0 Å². The maximum atomic E-state index is 12.3. The van der Waals surface area contributed by atoms with Crippen molar-refractivity contribution in [2.45, 2.75) is 26.9 Å². The number of hydrogen-bond acceptors (Lipinski definition) is 5. The standard InChI is InChI=1S/C20H25F2NO5/c1-13-8-14(2)11-23(10-13)18(24)12-27-19(25)7-5-15-4-6-16(28-20(21)22)17(9-15)26-3/h4-7,9,13-14,20H,8,10-12H2,1-3H3/b7-5+. The van der Waals surface area contributed by atoms with E-state index < -0.39 is 12.6 Å². The minimum absolute atomic E-state index is 0.104. The molecule has 1 aromatic rings. The van der Waals surface area contributed by atoms with Gasteiger partial charge in [0.05, 0.1) is 7.11 Å². The molecule has 0 radical (unpaired) electrons. The normalized spacial score (nSPS) is 19.7. The fraction of sp³-hybridized carbons (Fsp3) is 0.500. The Morgan fingerprint density at radius 1 is 1.21 bits per heavy atom. The third-order valence-electron chi connectivity index (χ3n) is 4.38. The minimum Gasteiger partial charge on any atom is -0.493 e. The van der Waals surface area contributed by atoms with Crippen LogP contribution in [0.15, 0.2) is 24.3 Å². The predicted molar refractivity (Wildman–Crippen MR) is 99.1 cm³/mol. The number of nitrogens with zero attached hydrogens (tertiary/aromatic N) is 1. The minimum atomic E-state index is -2.96. The second-order valence-corrected chi connectivity index (χ2v) is 6.97. The van der Waals surface area contributed by atoms with Crippen LogP contribution >= 0.6 is 0 Å². The molecule has 0 spiro atoms. The third kappa shape index (κ3) is 6.51. The van der Waals surface area contributed by atoms with E-state index >= 15 is 0 Å². The largest absolute Gasteiger partial charge is 0.493 e. The molecule has 2 atom stereocenters. The van der Waals surface area contributed by atoms with E-state index in [0.717, 1.165) is 12.5 Å². The van der Waals surface area contributed by atoms with Crippen molar-refractivity contribution in [2.75, 3.05) is 26.8 Å². The Balaban J connectivity index is 1.88. The highest BCUT2D eigenvalue weighted by molar-refractivity contribution is 5.89. The van der Waals surface area contributed by atoms with Gasteiger partial charge in [-0.25, -0.2) is 4.79 Å². The van der Waals surface area contributed by atoms with E-state index in [-0.39, 0.29) is 24.0 Å². The first-order chi connectivity index (χ1) is 13.3. The van der Waals surface area contributed by atoms with Crippen molar-refractivity contribution in [3.05, 3.63) is 29.8 Å². The molecule has 0 N–H and O–H groups in total. The first kappa shape index (κ1) is 21.7. The molecule has 1 aromatic carbocycles. The number of carbonyl (C=O) groups is 2. The molecule has 2 rings (SSSR count). The van der Waals surface area contributed by atoms with Crippen LogP contribution in [-0.2, 0) is 14.3 Å². The van der Waals surface area contributed by atoms with E-state index in [1.165, 1.54) is 31.4 Å². The molecule has 154 valence electrons. The zero-order valence-corrected chi connectivity index (χ0v) is 16.2. The van der Waals surface area contributed by atoms with Gasteiger partial charge in [-0.05, 0) is 42.0 Å². The molecule has 1 aliphatic rings. The van der Waals surface area contributed by atoms with Crippen molar-refractivity contribution >= 4 is 18.0 Å². The molecule has 28 heavy (non-hydrogen) atoms. The number of amides is 1. The molecule has 6 nitrogen and oxygen atoms in total. The highest BCUT2D eigenvalue weighted by atomic mass is 19.3. The van der Waals surface area contributed by atoms with Gasteiger partial charge in [0.2, 0.25) is 0 Å². The SMILES string of the molecule is COc1cc(/C=C/C(=O)OCC(=O)N2CC(C)CC(C)C2)ccc1OC(F)F. The van der Waals surface area contributed by atoms with Crippen LogP contribution in [0, 0.1) is 11.8 Å². The van der Waals surface area contributed by atoms with Crippen LogP contribution in [0.5, 0.6) is 11.5 Å². The average Bonchev–Trinajstić information content (AvgIpc) is 2.64. The van der Waals surface area contributed by atoms with Crippen molar-refractivity contribution in [1.82, 2.24) is 4.90 Å². The van der Waals surface area contributed by atoms with Gasteiger partial charge in [0.1, 0.15) is 0 Å². The van der Waals surface area contributed by atoms with Crippen molar-refractivity contribution in [2.24, 2.45) is 11.8 Å². The quantitative estimate of drug-likeness (QED) is 0.522. The maximum Gasteiger partial charge on any atom is 0.387 e. The molecule has 1 amide bonds. The van der Waals surface area contributed by atoms with Crippen LogP contribution in [0.3, 0.4) is 0 Å². The molecule has 2 unspecified atom stereocenters. The summed E-state index contributed by atoms with van der Waals surface area (Å²) in [6.45, 7) is 2.25. The Labute approximate surface area is 163 Å². The lowest BCUT2D eigenvalue weighted by Crippen LogP contribution is -2.44. The lowest BCUT2D eigenvalue weighted by atomic mass is 9.92. The molecular formula is C20H25F2NO5. The number of methoxy groups -OCH3 is 1. The fourth-order valence-corrected chi connectivity index (χ4v) is 3.28. The van der Waals surface area contributed by atoms with Crippen LogP contribution in [0.1, 0.15) is 25.8 Å². The molecular weight excluding hydrogens is 372 g/mol. The van der Waals surface area contributed by atoms with Gasteiger partial charge in [0.15, 0.2) is 18.1 Å². The molecule has 1 aliphatic heterocycles. The van der Waals surface area contributed by atoms with Crippen LogP contribution in [0.25, 0.3) is 6.08 Å². The number of hydrogen-bond donors (Lipinski definition) is 0. The Morgan fingerprint density at radius 2 is 1.89 bits per heavy atom. The zero-order chi connectivity index (χ0) is 20.7. The molecule has 0 saturated carbocycles. The monoisotopic (exact) mass is 397 g/mol. The van der Waals surface area contributed by atoms with Crippen LogP contribution in [0.2, 0.25) is 0 Å². The number of esters is 1.